The van der Waals surface area contributed by atoms with Gasteiger partial charge in [-0.1, -0.05) is 6.92 Å². The third kappa shape index (κ3) is 2.45. The van der Waals surface area contributed by atoms with Crippen LogP contribution in [0.15, 0.2) is 0 Å². The maximum Gasteiger partial charge on any atom is 0.237 e. The molecule has 0 aromatic heterocycles. The molecule has 3 N–H and O–H groups in total. The summed E-state index contributed by atoms with van der Waals surface area (Å²) in [6, 6.07) is -0.0296. The van der Waals surface area contributed by atoms with E-state index in [9.17, 15) is 4.79 Å². The average Bonchev–Trinajstić information content (AvgIpc) is 2.08. The van der Waals surface area contributed by atoms with Crippen LogP contribution in [0.3, 0.4) is 0 Å². The highest BCUT2D eigenvalue weighted by molar-refractivity contribution is 5.83. The van der Waals surface area contributed by atoms with Gasteiger partial charge in [-0.3, -0.25) is 9.69 Å². The Kier molecular flexibility index (Phi) is 3.50. The van der Waals surface area contributed by atoms with Crippen LogP contribution < -0.4 is 11.1 Å². The normalized spacial score (nSPS) is 27.4. The van der Waals surface area contributed by atoms with Crippen molar-refractivity contribution in [1.82, 2.24) is 10.2 Å². The zero-order chi connectivity index (χ0) is 10.8. The number of rotatable bonds is 3. The number of nitrogens with one attached hydrogen (secondary N) is 1. The number of piperazine rings is 1. The van der Waals surface area contributed by atoms with Gasteiger partial charge < -0.3 is 11.1 Å². The molecule has 1 amide bonds. The van der Waals surface area contributed by atoms with Crippen molar-refractivity contribution < 1.29 is 4.79 Å². The van der Waals surface area contributed by atoms with Gasteiger partial charge in [0.15, 0.2) is 0 Å². The lowest BCUT2D eigenvalue weighted by molar-refractivity contribution is -0.132. The molecular formula is C10H21N3O. The summed E-state index contributed by atoms with van der Waals surface area (Å²) in [4.78, 5) is 14.0. The molecule has 82 valence electrons. The fourth-order valence-corrected chi connectivity index (χ4v) is 2.04. The Morgan fingerprint density at radius 3 is 2.79 bits per heavy atom. The molecule has 1 rings (SSSR count). The molecule has 0 spiro atoms. The second kappa shape index (κ2) is 4.28. The Labute approximate surface area is 85.8 Å². The van der Waals surface area contributed by atoms with Gasteiger partial charge in [-0.05, 0) is 33.4 Å². The van der Waals surface area contributed by atoms with E-state index in [2.05, 4.69) is 17.1 Å². The van der Waals surface area contributed by atoms with Crippen molar-refractivity contribution in [1.29, 1.82) is 0 Å². The van der Waals surface area contributed by atoms with Gasteiger partial charge in [0.25, 0.3) is 0 Å². The Balaban J connectivity index is 2.71. The van der Waals surface area contributed by atoms with Crippen LogP contribution in [-0.2, 0) is 4.79 Å². The minimum absolute atomic E-state index is 0.0296. The van der Waals surface area contributed by atoms with Crippen molar-refractivity contribution >= 4 is 5.91 Å². The van der Waals surface area contributed by atoms with E-state index in [0.717, 1.165) is 19.5 Å². The minimum atomic E-state index is -0.113. The number of nitrogens with two attached hydrogens (primary N) is 1. The predicted molar refractivity (Wildman–Crippen MR) is 56.9 cm³/mol. The fraction of sp³-hybridized carbons (Fsp3) is 0.900. The summed E-state index contributed by atoms with van der Waals surface area (Å²) in [5.74, 6) is 0.119. The van der Waals surface area contributed by atoms with Crippen LogP contribution in [0.2, 0.25) is 0 Å². The molecule has 4 nitrogen and oxygen atoms in total. The number of likely N-dealkylation sites (N-methyl/N-ethyl adjacent to an activating group) is 1. The maximum atomic E-state index is 11.8. The van der Waals surface area contributed by atoms with Gasteiger partial charge in [0.1, 0.15) is 0 Å². The molecule has 1 atom stereocenters. The molecule has 1 aliphatic rings. The topological polar surface area (TPSA) is 58.4 Å². The number of nitrogens with zero attached hydrogens (tertiary/aromatic N) is 1. The lowest BCUT2D eigenvalue weighted by atomic mass is 9.97. The monoisotopic (exact) mass is 199 g/mol. The molecule has 14 heavy (non-hydrogen) atoms. The lowest BCUT2D eigenvalue weighted by Crippen LogP contribution is -2.64. The van der Waals surface area contributed by atoms with Gasteiger partial charge in [0, 0.05) is 12.1 Å². The summed E-state index contributed by atoms with van der Waals surface area (Å²) < 4.78 is 0. The molecule has 1 unspecified atom stereocenters. The summed E-state index contributed by atoms with van der Waals surface area (Å²) >= 11 is 0. The van der Waals surface area contributed by atoms with E-state index >= 15 is 0 Å². The van der Waals surface area contributed by atoms with Gasteiger partial charge >= 0.3 is 0 Å². The lowest BCUT2D eigenvalue weighted by Gasteiger charge is -2.43. The highest BCUT2D eigenvalue weighted by Crippen LogP contribution is 2.17. The van der Waals surface area contributed by atoms with E-state index in [-0.39, 0.29) is 17.5 Å². The van der Waals surface area contributed by atoms with Crippen molar-refractivity contribution in [3.05, 3.63) is 0 Å². The molecule has 1 saturated heterocycles. The molecule has 0 bridgehead atoms. The van der Waals surface area contributed by atoms with Crippen LogP contribution in [0.4, 0.5) is 0 Å². The number of hydrogen-bond donors (Lipinski definition) is 2. The second-order valence-corrected chi connectivity index (χ2v) is 4.53. The second-order valence-electron chi connectivity index (χ2n) is 4.53. The summed E-state index contributed by atoms with van der Waals surface area (Å²) in [5.41, 5.74) is 5.39. The fourth-order valence-electron chi connectivity index (χ4n) is 2.04. The quantitative estimate of drug-likeness (QED) is 0.669. The van der Waals surface area contributed by atoms with E-state index < -0.39 is 0 Å². The van der Waals surface area contributed by atoms with E-state index in [1.54, 1.807) is 0 Å². The number of carbonyl (C=O) groups is 1. The van der Waals surface area contributed by atoms with Crippen molar-refractivity contribution in [3.63, 3.8) is 0 Å². The summed E-state index contributed by atoms with van der Waals surface area (Å²) in [7, 11) is 0. The highest BCUT2D eigenvalue weighted by Gasteiger charge is 2.36. The van der Waals surface area contributed by atoms with Crippen molar-refractivity contribution in [2.45, 2.75) is 38.8 Å². The van der Waals surface area contributed by atoms with Gasteiger partial charge in [0.2, 0.25) is 5.91 Å². The van der Waals surface area contributed by atoms with Crippen molar-refractivity contribution in [2.24, 2.45) is 5.73 Å². The molecule has 1 fully saturated rings. The molecular weight excluding hydrogens is 178 g/mol. The van der Waals surface area contributed by atoms with Crippen LogP contribution in [0.5, 0.6) is 0 Å². The first-order valence-electron chi connectivity index (χ1n) is 5.26. The molecule has 4 heteroatoms. The van der Waals surface area contributed by atoms with E-state index in [4.69, 9.17) is 5.73 Å². The molecule has 0 saturated carbocycles. The maximum absolute atomic E-state index is 11.8. The van der Waals surface area contributed by atoms with E-state index in [0.29, 0.717) is 6.54 Å². The first kappa shape index (κ1) is 11.5. The van der Waals surface area contributed by atoms with Gasteiger partial charge in [0.05, 0.1) is 6.04 Å². The van der Waals surface area contributed by atoms with Crippen LogP contribution in [0.1, 0.15) is 27.2 Å². The SMILES string of the molecule is CCN1CC(C)(C)NC(=O)C1CCN. The Morgan fingerprint density at radius 1 is 1.64 bits per heavy atom. The number of amides is 1. The highest BCUT2D eigenvalue weighted by atomic mass is 16.2. The van der Waals surface area contributed by atoms with E-state index in [1.807, 2.05) is 13.8 Å². The summed E-state index contributed by atoms with van der Waals surface area (Å²) in [6.45, 7) is 8.55. The van der Waals surface area contributed by atoms with Crippen LogP contribution >= 0.6 is 0 Å². The summed E-state index contributed by atoms with van der Waals surface area (Å²) in [5, 5.41) is 3.02. The van der Waals surface area contributed by atoms with Crippen molar-refractivity contribution in [3.8, 4) is 0 Å². The predicted octanol–water partition coefficient (Wildman–Crippen LogP) is -0.0659. The summed E-state index contributed by atoms with van der Waals surface area (Å²) in [6.07, 6.45) is 0.746. The standard InChI is InChI=1S/C10H21N3O/c1-4-13-7-10(2,3)12-9(14)8(13)5-6-11/h8H,4-7,11H2,1-3H3,(H,12,14). The zero-order valence-electron chi connectivity index (χ0n) is 9.34. The molecule has 0 aliphatic carbocycles. The first-order valence-corrected chi connectivity index (χ1v) is 5.26. The third-order valence-electron chi connectivity index (χ3n) is 2.65. The number of hydrogen-bond acceptors (Lipinski definition) is 3. The largest absolute Gasteiger partial charge is 0.349 e. The van der Waals surface area contributed by atoms with E-state index in [1.165, 1.54) is 0 Å². The molecule has 1 heterocycles. The van der Waals surface area contributed by atoms with Crippen LogP contribution in [-0.4, -0.2) is 42.0 Å². The molecule has 0 radical (unpaired) electrons. The van der Waals surface area contributed by atoms with Crippen LogP contribution in [0.25, 0.3) is 0 Å². The molecule has 1 aliphatic heterocycles. The Bertz CT molecular complexity index is 215. The Hall–Kier alpha value is -0.610. The number of carbonyl (C=O) groups excluding carboxylic acids is 1. The van der Waals surface area contributed by atoms with Crippen molar-refractivity contribution in [2.75, 3.05) is 19.6 Å². The Morgan fingerprint density at radius 2 is 2.29 bits per heavy atom. The average molecular weight is 199 g/mol. The van der Waals surface area contributed by atoms with Gasteiger partial charge in [-0.15, -0.1) is 0 Å². The first-order chi connectivity index (χ1) is 6.50. The van der Waals surface area contributed by atoms with Crippen LogP contribution in [0, 0.1) is 0 Å². The minimum Gasteiger partial charge on any atom is -0.349 e. The zero-order valence-corrected chi connectivity index (χ0v) is 9.34. The smallest absolute Gasteiger partial charge is 0.237 e. The molecule has 0 aromatic rings. The molecule has 0 aromatic carbocycles. The van der Waals surface area contributed by atoms with Gasteiger partial charge in [-0.25, -0.2) is 0 Å². The van der Waals surface area contributed by atoms with Gasteiger partial charge in [-0.2, -0.15) is 0 Å². The third-order valence-corrected chi connectivity index (χ3v) is 2.65.